The molecule has 0 aliphatic carbocycles. The molecule has 1 aliphatic rings. The summed E-state index contributed by atoms with van der Waals surface area (Å²) in [6, 6.07) is 14.8. The standard InChI is InChI=1S/C25H33NO2/c1-16(2)17-8-10-18(11-9-17)23-20-14-19(26-22(27)15-24(3,4)5)12-13-21(20)28-25(23,6)7/h8-14,16,23H,15H2,1-7H3,(H,26,27). The normalized spacial score (nSPS) is 17.9. The van der Waals surface area contributed by atoms with Crippen molar-refractivity contribution in [1.82, 2.24) is 0 Å². The van der Waals surface area contributed by atoms with Crippen LogP contribution < -0.4 is 10.1 Å². The van der Waals surface area contributed by atoms with Crippen LogP contribution in [0, 0.1) is 5.41 Å². The van der Waals surface area contributed by atoms with Gasteiger partial charge in [-0.2, -0.15) is 0 Å². The quantitative estimate of drug-likeness (QED) is 0.659. The number of benzene rings is 2. The Morgan fingerprint density at radius 1 is 1.11 bits per heavy atom. The monoisotopic (exact) mass is 379 g/mol. The third-order valence-electron chi connectivity index (χ3n) is 5.30. The first kappa shape index (κ1) is 20.4. The molecule has 1 unspecified atom stereocenters. The average Bonchev–Trinajstić information content (AvgIpc) is 2.82. The summed E-state index contributed by atoms with van der Waals surface area (Å²) in [5, 5.41) is 3.06. The highest BCUT2D eigenvalue weighted by Crippen LogP contribution is 2.49. The van der Waals surface area contributed by atoms with Crippen molar-refractivity contribution in [3.63, 3.8) is 0 Å². The number of amides is 1. The van der Waals surface area contributed by atoms with Crippen LogP contribution in [-0.2, 0) is 4.79 Å². The van der Waals surface area contributed by atoms with Gasteiger partial charge in [0.15, 0.2) is 0 Å². The van der Waals surface area contributed by atoms with E-state index in [1.54, 1.807) is 0 Å². The summed E-state index contributed by atoms with van der Waals surface area (Å²) >= 11 is 0. The number of hydrogen-bond donors (Lipinski definition) is 1. The molecule has 1 atom stereocenters. The Kier molecular flexibility index (Phi) is 5.31. The highest BCUT2D eigenvalue weighted by atomic mass is 16.5. The van der Waals surface area contributed by atoms with Crippen LogP contribution >= 0.6 is 0 Å². The summed E-state index contributed by atoms with van der Waals surface area (Å²) < 4.78 is 6.27. The van der Waals surface area contributed by atoms with E-state index in [0.717, 1.165) is 17.0 Å². The van der Waals surface area contributed by atoms with Gasteiger partial charge in [-0.05, 0) is 54.5 Å². The minimum absolute atomic E-state index is 0.0351. The third kappa shape index (κ3) is 4.40. The molecule has 0 saturated heterocycles. The molecule has 0 aromatic heterocycles. The minimum Gasteiger partial charge on any atom is -0.487 e. The highest BCUT2D eigenvalue weighted by Gasteiger charge is 2.42. The van der Waals surface area contributed by atoms with E-state index in [1.165, 1.54) is 11.1 Å². The van der Waals surface area contributed by atoms with Crippen LogP contribution in [0.25, 0.3) is 0 Å². The Morgan fingerprint density at radius 2 is 1.75 bits per heavy atom. The number of nitrogens with one attached hydrogen (secondary N) is 1. The van der Waals surface area contributed by atoms with Gasteiger partial charge in [-0.1, -0.05) is 58.9 Å². The molecule has 3 rings (SSSR count). The molecule has 2 aromatic carbocycles. The molecule has 0 bridgehead atoms. The number of carbonyl (C=O) groups excluding carboxylic acids is 1. The van der Waals surface area contributed by atoms with E-state index in [-0.39, 0.29) is 22.8 Å². The van der Waals surface area contributed by atoms with Gasteiger partial charge in [0, 0.05) is 17.7 Å². The second-order valence-corrected chi connectivity index (χ2v) is 10.00. The molecular weight excluding hydrogens is 346 g/mol. The number of ether oxygens (including phenoxy) is 1. The Morgan fingerprint density at radius 3 is 2.32 bits per heavy atom. The maximum atomic E-state index is 12.4. The Bertz CT molecular complexity index is 857. The largest absolute Gasteiger partial charge is 0.487 e. The molecule has 1 amide bonds. The molecule has 0 spiro atoms. The molecule has 1 heterocycles. The first-order chi connectivity index (χ1) is 13.0. The van der Waals surface area contributed by atoms with Crippen LogP contribution in [0.3, 0.4) is 0 Å². The predicted octanol–water partition coefficient (Wildman–Crippen LogP) is 6.49. The summed E-state index contributed by atoms with van der Waals surface area (Å²) in [6.45, 7) is 14.9. The van der Waals surface area contributed by atoms with E-state index in [9.17, 15) is 4.79 Å². The van der Waals surface area contributed by atoms with Crippen LogP contribution in [0.1, 0.15) is 83.4 Å². The van der Waals surface area contributed by atoms with Gasteiger partial charge in [0.25, 0.3) is 0 Å². The number of anilines is 1. The van der Waals surface area contributed by atoms with E-state index < -0.39 is 0 Å². The number of hydrogen-bond acceptors (Lipinski definition) is 2. The topological polar surface area (TPSA) is 38.3 Å². The summed E-state index contributed by atoms with van der Waals surface area (Å²) in [7, 11) is 0. The number of fused-ring (bicyclic) bond motifs is 1. The summed E-state index contributed by atoms with van der Waals surface area (Å²) in [4.78, 5) is 12.4. The lowest BCUT2D eigenvalue weighted by atomic mass is 9.80. The van der Waals surface area contributed by atoms with Crippen molar-refractivity contribution in [2.24, 2.45) is 5.41 Å². The molecule has 150 valence electrons. The molecule has 2 aromatic rings. The van der Waals surface area contributed by atoms with Crippen molar-refractivity contribution in [1.29, 1.82) is 0 Å². The van der Waals surface area contributed by atoms with Crippen molar-refractivity contribution in [2.45, 2.75) is 72.3 Å². The second-order valence-electron chi connectivity index (χ2n) is 10.00. The molecule has 3 nitrogen and oxygen atoms in total. The lowest BCUT2D eigenvalue weighted by Gasteiger charge is -2.27. The Labute approximate surface area is 169 Å². The second kappa shape index (κ2) is 7.27. The number of carbonyl (C=O) groups is 1. The molecule has 1 N–H and O–H groups in total. The molecule has 3 heteroatoms. The highest BCUT2D eigenvalue weighted by molar-refractivity contribution is 5.91. The molecule has 0 saturated carbocycles. The van der Waals surface area contributed by atoms with Crippen LogP contribution in [0.15, 0.2) is 42.5 Å². The molecule has 0 fully saturated rings. The van der Waals surface area contributed by atoms with E-state index in [1.807, 2.05) is 12.1 Å². The zero-order chi connectivity index (χ0) is 20.7. The van der Waals surface area contributed by atoms with Crippen LogP contribution in [0.2, 0.25) is 0 Å². The van der Waals surface area contributed by atoms with E-state index in [0.29, 0.717) is 12.3 Å². The zero-order valence-corrected chi connectivity index (χ0v) is 18.2. The Balaban J connectivity index is 1.91. The van der Waals surface area contributed by atoms with Gasteiger partial charge in [0.05, 0.1) is 5.92 Å². The van der Waals surface area contributed by atoms with Crippen molar-refractivity contribution >= 4 is 11.6 Å². The predicted molar refractivity (Wildman–Crippen MR) is 116 cm³/mol. The van der Waals surface area contributed by atoms with Crippen LogP contribution in [-0.4, -0.2) is 11.5 Å². The van der Waals surface area contributed by atoms with E-state index in [4.69, 9.17) is 4.74 Å². The van der Waals surface area contributed by atoms with Gasteiger partial charge in [-0.3, -0.25) is 4.79 Å². The van der Waals surface area contributed by atoms with Gasteiger partial charge < -0.3 is 10.1 Å². The molecule has 0 radical (unpaired) electrons. The lowest BCUT2D eigenvalue weighted by Crippen LogP contribution is -2.30. The maximum Gasteiger partial charge on any atom is 0.224 e. The molecule has 1 aliphatic heterocycles. The van der Waals surface area contributed by atoms with Crippen molar-refractivity contribution < 1.29 is 9.53 Å². The summed E-state index contributed by atoms with van der Waals surface area (Å²) in [6.07, 6.45) is 0.492. The van der Waals surface area contributed by atoms with Crippen molar-refractivity contribution in [3.8, 4) is 5.75 Å². The first-order valence-corrected chi connectivity index (χ1v) is 10.2. The van der Waals surface area contributed by atoms with Gasteiger partial charge in [-0.15, -0.1) is 0 Å². The molecule has 28 heavy (non-hydrogen) atoms. The van der Waals surface area contributed by atoms with Gasteiger partial charge >= 0.3 is 0 Å². The smallest absolute Gasteiger partial charge is 0.224 e. The maximum absolute atomic E-state index is 12.4. The van der Waals surface area contributed by atoms with Crippen molar-refractivity contribution in [2.75, 3.05) is 5.32 Å². The van der Waals surface area contributed by atoms with Gasteiger partial charge in [0.1, 0.15) is 11.4 Å². The fourth-order valence-corrected chi connectivity index (χ4v) is 4.00. The summed E-state index contributed by atoms with van der Waals surface area (Å²) in [5.74, 6) is 1.59. The zero-order valence-electron chi connectivity index (χ0n) is 18.2. The first-order valence-electron chi connectivity index (χ1n) is 10.2. The SMILES string of the molecule is CC(C)c1ccc(C2c3cc(NC(=O)CC(C)(C)C)ccc3OC2(C)C)cc1. The fourth-order valence-electron chi connectivity index (χ4n) is 4.00. The van der Waals surface area contributed by atoms with Crippen molar-refractivity contribution in [3.05, 3.63) is 59.2 Å². The van der Waals surface area contributed by atoms with Crippen LogP contribution in [0.4, 0.5) is 5.69 Å². The fraction of sp³-hybridized carbons (Fsp3) is 0.480. The average molecular weight is 380 g/mol. The molecular formula is C25H33NO2. The number of rotatable bonds is 4. The summed E-state index contributed by atoms with van der Waals surface area (Å²) in [5.41, 5.74) is 4.17. The lowest BCUT2D eigenvalue weighted by molar-refractivity contribution is -0.117. The van der Waals surface area contributed by atoms with Gasteiger partial charge in [-0.25, -0.2) is 0 Å². The minimum atomic E-state index is -0.338. The van der Waals surface area contributed by atoms with Crippen LogP contribution in [0.5, 0.6) is 5.75 Å². The third-order valence-corrected chi connectivity index (χ3v) is 5.30. The Hall–Kier alpha value is -2.29. The van der Waals surface area contributed by atoms with E-state index >= 15 is 0 Å². The van der Waals surface area contributed by atoms with Gasteiger partial charge in [0.2, 0.25) is 5.91 Å². The van der Waals surface area contributed by atoms with E-state index in [2.05, 4.69) is 84.1 Å².